The number of nitrogens with two attached hydrogens (primary N) is 1. The zero-order valence-electron chi connectivity index (χ0n) is 9.61. The molecule has 4 nitrogen and oxygen atoms in total. The largest absolute Gasteiger partial charge is 0.381 e. The van der Waals surface area contributed by atoms with E-state index in [1.165, 1.54) is 6.42 Å². The van der Waals surface area contributed by atoms with Gasteiger partial charge in [-0.1, -0.05) is 0 Å². The summed E-state index contributed by atoms with van der Waals surface area (Å²) in [5, 5.41) is 6.51. The molecule has 0 aromatic carbocycles. The Morgan fingerprint density at radius 3 is 3.25 bits per heavy atom. The zero-order valence-corrected chi connectivity index (χ0v) is 10.4. The molecule has 1 fully saturated rings. The summed E-state index contributed by atoms with van der Waals surface area (Å²) in [5.41, 5.74) is 6.86. The van der Waals surface area contributed by atoms with Crippen LogP contribution in [0.1, 0.15) is 30.1 Å². The molecule has 2 atom stereocenters. The Balaban J connectivity index is 1.72. The predicted molar refractivity (Wildman–Crippen MR) is 65.3 cm³/mol. The summed E-state index contributed by atoms with van der Waals surface area (Å²) in [5.74, 6) is 0.673. The van der Waals surface area contributed by atoms with Gasteiger partial charge in [0.25, 0.3) is 0 Å². The molecule has 16 heavy (non-hydrogen) atoms. The molecule has 1 saturated heterocycles. The van der Waals surface area contributed by atoms with Crippen LogP contribution in [-0.4, -0.2) is 24.7 Å². The van der Waals surface area contributed by atoms with Crippen molar-refractivity contribution in [3.63, 3.8) is 0 Å². The van der Waals surface area contributed by atoms with Crippen molar-refractivity contribution in [2.75, 3.05) is 19.8 Å². The van der Waals surface area contributed by atoms with Gasteiger partial charge in [-0.05, 0) is 19.3 Å². The summed E-state index contributed by atoms with van der Waals surface area (Å²) in [6.45, 7) is 5.63. The standard InChI is InChI=1S/C11H19N3OS/c1-8(12)11-14-10(7-16-11)5-13-4-9-2-3-15-6-9/h7-9,13H,2-6,12H2,1H3. The fourth-order valence-electron chi connectivity index (χ4n) is 1.76. The van der Waals surface area contributed by atoms with E-state index in [1.54, 1.807) is 11.3 Å². The van der Waals surface area contributed by atoms with Crippen molar-refractivity contribution < 1.29 is 4.74 Å². The first-order chi connectivity index (χ1) is 7.75. The van der Waals surface area contributed by atoms with Crippen LogP contribution in [0.3, 0.4) is 0 Å². The summed E-state index contributed by atoms with van der Waals surface area (Å²) in [4.78, 5) is 4.47. The number of nitrogens with one attached hydrogen (secondary N) is 1. The molecule has 90 valence electrons. The summed E-state index contributed by atoms with van der Waals surface area (Å²) < 4.78 is 5.33. The third kappa shape index (κ3) is 3.25. The average Bonchev–Trinajstić information content (AvgIpc) is 2.87. The normalized spacial score (nSPS) is 22.5. The first-order valence-corrected chi connectivity index (χ1v) is 6.62. The topological polar surface area (TPSA) is 60.2 Å². The first kappa shape index (κ1) is 12.0. The monoisotopic (exact) mass is 241 g/mol. The van der Waals surface area contributed by atoms with Crippen molar-refractivity contribution in [2.24, 2.45) is 11.7 Å². The van der Waals surface area contributed by atoms with E-state index in [9.17, 15) is 0 Å². The Morgan fingerprint density at radius 1 is 1.75 bits per heavy atom. The smallest absolute Gasteiger partial charge is 0.109 e. The number of aromatic nitrogens is 1. The minimum Gasteiger partial charge on any atom is -0.381 e. The van der Waals surface area contributed by atoms with Crippen LogP contribution >= 0.6 is 11.3 Å². The molecule has 0 aliphatic carbocycles. The third-order valence-electron chi connectivity index (χ3n) is 2.72. The Bertz CT molecular complexity index is 321. The maximum absolute atomic E-state index is 5.77. The number of rotatable bonds is 5. The molecule has 1 aromatic rings. The first-order valence-electron chi connectivity index (χ1n) is 5.74. The van der Waals surface area contributed by atoms with Crippen LogP contribution < -0.4 is 11.1 Å². The Labute approximate surface area is 100 Å². The molecule has 2 unspecified atom stereocenters. The minimum atomic E-state index is 0.0435. The van der Waals surface area contributed by atoms with Gasteiger partial charge in [-0.25, -0.2) is 4.98 Å². The van der Waals surface area contributed by atoms with Gasteiger partial charge in [0.05, 0.1) is 18.3 Å². The number of nitrogens with zero attached hydrogens (tertiary/aromatic N) is 1. The van der Waals surface area contributed by atoms with Crippen LogP contribution in [0.2, 0.25) is 0 Å². The molecule has 1 aliphatic rings. The summed E-state index contributed by atoms with van der Waals surface area (Å²) >= 11 is 1.64. The van der Waals surface area contributed by atoms with E-state index in [2.05, 4.69) is 15.7 Å². The number of hydrogen-bond donors (Lipinski definition) is 2. The lowest BCUT2D eigenvalue weighted by molar-refractivity contribution is 0.185. The van der Waals surface area contributed by atoms with Crippen molar-refractivity contribution >= 4 is 11.3 Å². The van der Waals surface area contributed by atoms with E-state index >= 15 is 0 Å². The molecule has 1 aliphatic heterocycles. The van der Waals surface area contributed by atoms with Gasteiger partial charge in [0.2, 0.25) is 0 Å². The second kappa shape index (κ2) is 5.72. The maximum Gasteiger partial charge on any atom is 0.109 e. The SMILES string of the molecule is CC(N)c1nc(CNCC2CCOC2)cs1. The molecule has 0 radical (unpaired) electrons. The lowest BCUT2D eigenvalue weighted by Crippen LogP contribution is -2.22. The minimum absolute atomic E-state index is 0.0435. The van der Waals surface area contributed by atoms with Crippen molar-refractivity contribution in [1.29, 1.82) is 0 Å². The predicted octanol–water partition coefficient (Wildman–Crippen LogP) is 1.29. The summed E-state index contributed by atoms with van der Waals surface area (Å²) in [6.07, 6.45) is 1.18. The Hall–Kier alpha value is -0.490. The van der Waals surface area contributed by atoms with Crippen LogP contribution in [0.25, 0.3) is 0 Å². The molecule has 5 heteroatoms. The van der Waals surface area contributed by atoms with Crippen LogP contribution in [0.4, 0.5) is 0 Å². The van der Waals surface area contributed by atoms with Gasteiger partial charge in [0, 0.05) is 25.1 Å². The van der Waals surface area contributed by atoms with E-state index < -0.39 is 0 Å². The molecule has 2 heterocycles. The Morgan fingerprint density at radius 2 is 2.62 bits per heavy atom. The quantitative estimate of drug-likeness (QED) is 0.815. The lowest BCUT2D eigenvalue weighted by atomic mass is 10.1. The second-order valence-electron chi connectivity index (χ2n) is 4.33. The lowest BCUT2D eigenvalue weighted by Gasteiger charge is -2.07. The molecule has 1 aromatic heterocycles. The summed E-state index contributed by atoms with van der Waals surface area (Å²) in [7, 11) is 0. The van der Waals surface area contributed by atoms with Crippen LogP contribution in [0.5, 0.6) is 0 Å². The highest BCUT2D eigenvalue weighted by molar-refractivity contribution is 7.09. The van der Waals surface area contributed by atoms with Crippen LogP contribution in [-0.2, 0) is 11.3 Å². The molecule has 2 rings (SSSR count). The van der Waals surface area contributed by atoms with E-state index in [4.69, 9.17) is 10.5 Å². The Kier molecular flexibility index (Phi) is 4.29. The van der Waals surface area contributed by atoms with Crippen LogP contribution in [0, 0.1) is 5.92 Å². The highest BCUT2D eigenvalue weighted by Crippen LogP contribution is 2.16. The highest BCUT2D eigenvalue weighted by Gasteiger charge is 2.15. The number of thiazole rings is 1. The number of hydrogen-bond acceptors (Lipinski definition) is 5. The van der Waals surface area contributed by atoms with Gasteiger partial charge in [0.15, 0.2) is 0 Å². The zero-order chi connectivity index (χ0) is 11.4. The van der Waals surface area contributed by atoms with Crippen molar-refractivity contribution in [1.82, 2.24) is 10.3 Å². The van der Waals surface area contributed by atoms with E-state index in [0.717, 1.165) is 37.0 Å². The van der Waals surface area contributed by atoms with Gasteiger partial charge < -0.3 is 15.8 Å². The van der Waals surface area contributed by atoms with Crippen LogP contribution in [0.15, 0.2) is 5.38 Å². The molecule has 0 amide bonds. The summed E-state index contributed by atoms with van der Waals surface area (Å²) in [6, 6.07) is 0.0435. The molecular formula is C11H19N3OS. The number of ether oxygens (including phenoxy) is 1. The van der Waals surface area contributed by atoms with E-state index in [0.29, 0.717) is 5.92 Å². The van der Waals surface area contributed by atoms with Gasteiger partial charge in [-0.3, -0.25) is 0 Å². The van der Waals surface area contributed by atoms with E-state index in [-0.39, 0.29) is 6.04 Å². The van der Waals surface area contributed by atoms with Crippen molar-refractivity contribution in [3.8, 4) is 0 Å². The molecular weight excluding hydrogens is 222 g/mol. The average molecular weight is 241 g/mol. The van der Waals surface area contributed by atoms with Gasteiger partial charge >= 0.3 is 0 Å². The third-order valence-corrected chi connectivity index (χ3v) is 3.82. The van der Waals surface area contributed by atoms with Gasteiger partial charge in [-0.2, -0.15) is 0 Å². The molecule has 0 spiro atoms. The fraction of sp³-hybridized carbons (Fsp3) is 0.727. The highest BCUT2D eigenvalue weighted by atomic mass is 32.1. The maximum atomic E-state index is 5.77. The van der Waals surface area contributed by atoms with Crippen molar-refractivity contribution in [2.45, 2.75) is 25.9 Å². The molecule has 0 bridgehead atoms. The van der Waals surface area contributed by atoms with E-state index in [1.807, 2.05) is 6.92 Å². The van der Waals surface area contributed by atoms with Crippen molar-refractivity contribution in [3.05, 3.63) is 16.1 Å². The van der Waals surface area contributed by atoms with Gasteiger partial charge in [-0.15, -0.1) is 11.3 Å². The molecule has 3 N–H and O–H groups in total. The molecule has 0 saturated carbocycles. The van der Waals surface area contributed by atoms with Gasteiger partial charge in [0.1, 0.15) is 5.01 Å². The second-order valence-corrected chi connectivity index (χ2v) is 5.22. The fourth-order valence-corrected chi connectivity index (χ4v) is 2.54.